The quantitative estimate of drug-likeness (QED) is 0.840. The Kier molecular flexibility index (Phi) is 5.71. The number of benzene rings is 1. The number of carbonyl (C=O) groups is 2. The molecule has 3 rings (SSSR count). The molecule has 0 radical (unpaired) electrons. The molecule has 1 aromatic carbocycles. The van der Waals surface area contributed by atoms with Crippen molar-refractivity contribution in [3.63, 3.8) is 0 Å². The van der Waals surface area contributed by atoms with Crippen LogP contribution in [0.4, 0.5) is 5.13 Å². The molecule has 2 amide bonds. The van der Waals surface area contributed by atoms with Crippen LogP contribution >= 0.6 is 11.3 Å². The molecule has 2 aromatic rings. The number of carbonyl (C=O) groups excluding carboxylic acids is 2. The van der Waals surface area contributed by atoms with E-state index < -0.39 is 6.04 Å². The van der Waals surface area contributed by atoms with Crippen LogP contribution in [0.1, 0.15) is 44.7 Å². The molecule has 0 saturated carbocycles. The molecule has 0 saturated heterocycles. The van der Waals surface area contributed by atoms with E-state index in [1.807, 2.05) is 19.2 Å². The third-order valence-corrected chi connectivity index (χ3v) is 5.44. The molecule has 0 bridgehead atoms. The van der Waals surface area contributed by atoms with Gasteiger partial charge in [0.1, 0.15) is 6.04 Å². The Morgan fingerprint density at radius 1 is 1.15 bits per heavy atom. The fourth-order valence-electron chi connectivity index (χ4n) is 3.29. The highest BCUT2D eigenvalue weighted by Gasteiger charge is 2.24. The molecular weight excluding hydrogens is 346 g/mol. The Morgan fingerprint density at radius 2 is 1.88 bits per heavy atom. The van der Waals surface area contributed by atoms with Gasteiger partial charge in [-0.15, -0.1) is 11.3 Å². The largest absolute Gasteiger partial charge is 0.344 e. The lowest BCUT2D eigenvalue weighted by molar-refractivity contribution is -0.126. The summed E-state index contributed by atoms with van der Waals surface area (Å²) in [5.41, 5.74) is 4.82. The van der Waals surface area contributed by atoms with Gasteiger partial charge in [-0.25, -0.2) is 4.98 Å². The van der Waals surface area contributed by atoms with E-state index in [-0.39, 0.29) is 17.7 Å². The Labute approximate surface area is 158 Å². The average molecular weight is 372 g/mol. The molecule has 1 heterocycles. The summed E-state index contributed by atoms with van der Waals surface area (Å²) in [4.78, 5) is 28.3. The van der Waals surface area contributed by atoms with E-state index in [1.54, 1.807) is 0 Å². The molecule has 2 N–H and O–H groups in total. The van der Waals surface area contributed by atoms with E-state index in [1.165, 1.54) is 42.2 Å². The van der Waals surface area contributed by atoms with Crippen LogP contribution in [0.5, 0.6) is 0 Å². The first-order valence-electron chi connectivity index (χ1n) is 9.09. The maximum atomic E-state index is 12.5. The van der Waals surface area contributed by atoms with E-state index in [0.717, 1.165) is 24.1 Å². The molecule has 6 heteroatoms. The fourth-order valence-corrected chi connectivity index (χ4v) is 4.02. The van der Waals surface area contributed by atoms with Gasteiger partial charge in [-0.2, -0.15) is 0 Å². The topological polar surface area (TPSA) is 71.1 Å². The molecule has 26 heavy (non-hydrogen) atoms. The van der Waals surface area contributed by atoms with E-state index >= 15 is 0 Å². The summed E-state index contributed by atoms with van der Waals surface area (Å²) in [6, 6.07) is 5.97. The zero-order valence-corrected chi connectivity index (χ0v) is 16.3. The van der Waals surface area contributed by atoms with Gasteiger partial charge in [0, 0.05) is 17.9 Å². The standard InChI is InChI=1S/C20H25N3O2S/c1-12(2)18(21-13(3)24)19(25)23-20-22-17(11-26-20)16-9-8-14-6-4-5-7-15(14)10-16/h8-12,18H,4-7H2,1-3H3,(H,21,24)(H,22,23,25). The Morgan fingerprint density at radius 3 is 2.58 bits per heavy atom. The van der Waals surface area contributed by atoms with E-state index in [2.05, 4.69) is 33.8 Å². The Hall–Kier alpha value is -2.21. The van der Waals surface area contributed by atoms with Gasteiger partial charge in [0.15, 0.2) is 5.13 Å². The third-order valence-electron chi connectivity index (χ3n) is 4.69. The van der Waals surface area contributed by atoms with Crippen LogP contribution in [0.3, 0.4) is 0 Å². The lowest BCUT2D eigenvalue weighted by Crippen LogP contribution is -2.46. The van der Waals surface area contributed by atoms with Gasteiger partial charge in [-0.05, 0) is 48.8 Å². The zero-order chi connectivity index (χ0) is 18.7. The van der Waals surface area contributed by atoms with Gasteiger partial charge in [0.2, 0.25) is 11.8 Å². The molecular formula is C20H25N3O2S. The monoisotopic (exact) mass is 371 g/mol. The summed E-state index contributed by atoms with van der Waals surface area (Å²) >= 11 is 1.40. The summed E-state index contributed by atoms with van der Waals surface area (Å²) in [7, 11) is 0. The Bertz CT molecular complexity index is 813. The maximum Gasteiger partial charge on any atom is 0.248 e. The van der Waals surface area contributed by atoms with Crippen molar-refractivity contribution in [2.24, 2.45) is 5.92 Å². The van der Waals surface area contributed by atoms with Crippen LogP contribution in [0.25, 0.3) is 11.3 Å². The van der Waals surface area contributed by atoms with E-state index in [4.69, 9.17) is 0 Å². The van der Waals surface area contributed by atoms with Crippen LogP contribution in [-0.4, -0.2) is 22.8 Å². The smallest absolute Gasteiger partial charge is 0.248 e. The minimum Gasteiger partial charge on any atom is -0.344 e. The first kappa shape index (κ1) is 18.6. The molecule has 1 atom stereocenters. The van der Waals surface area contributed by atoms with Gasteiger partial charge in [0.05, 0.1) is 5.69 Å². The van der Waals surface area contributed by atoms with Crippen molar-refractivity contribution in [1.29, 1.82) is 0 Å². The highest BCUT2D eigenvalue weighted by Crippen LogP contribution is 2.29. The Balaban J connectivity index is 1.73. The second kappa shape index (κ2) is 7.99. The normalized spacial score (nSPS) is 14.6. The first-order valence-corrected chi connectivity index (χ1v) is 9.97. The summed E-state index contributed by atoms with van der Waals surface area (Å²) in [5, 5.41) is 8.05. The second-order valence-electron chi connectivity index (χ2n) is 7.14. The van der Waals surface area contributed by atoms with E-state index in [9.17, 15) is 9.59 Å². The third kappa shape index (κ3) is 4.30. The maximum absolute atomic E-state index is 12.5. The molecule has 138 valence electrons. The number of aromatic nitrogens is 1. The van der Waals surface area contributed by atoms with Crippen molar-refractivity contribution in [2.75, 3.05) is 5.32 Å². The van der Waals surface area contributed by atoms with Crippen LogP contribution in [0, 0.1) is 5.92 Å². The number of nitrogens with one attached hydrogen (secondary N) is 2. The zero-order valence-electron chi connectivity index (χ0n) is 15.5. The first-order chi connectivity index (χ1) is 12.4. The van der Waals surface area contributed by atoms with Crippen LogP contribution in [0.15, 0.2) is 23.6 Å². The van der Waals surface area contributed by atoms with Crippen molar-refractivity contribution in [1.82, 2.24) is 10.3 Å². The summed E-state index contributed by atoms with van der Waals surface area (Å²) < 4.78 is 0. The molecule has 0 fully saturated rings. The number of aryl methyl sites for hydroxylation is 2. The lowest BCUT2D eigenvalue weighted by Gasteiger charge is -2.20. The number of fused-ring (bicyclic) bond motifs is 1. The SMILES string of the molecule is CC(=O)NC(C(=O)Nc1nc(-c2ccc3c(c2)CCCC3)cs1)C(C)C. The minimum atomic E-state index is -0.566. The van der Waals surface area contributed by atoms with Gasteiger partial charge in [-0.1, -0.05) is 26.0 Å². The van der Waals surface area contributed by atoms with Crippen molar-refractivity contribution in [2.45, 2.75) is 52.5 Å². The number of thiazole rings is 1. The van der Waals surface area contributed by atoms with Crippen LogP contribution in [0.2, 0.25) is 0 Å². The second-order valence-corrected chi connectivity index (χ2v) is 8.00. The van der Waals surface area contributed by atoms with Gasteiger partial charge < -0.3 is 10.6 Å². The number of hydrogen-bond donors (Lipinski definition) is 2. The van der Waals surface area contributed by atoms with Crippen molar-refractivity contribution < 1.29 is 9.59 Å². The highest BCUT2D eigenvalue weighted by molar-refractivity contribution is 7.14. The number of nitrogens with zero attached hydrogens (tertiary/aromatic N) is 1. The highest BCUT2D eigenvalue weighted by atomic mass is 32.1. The van der Waals surface area contributed by atoms with Crippen molar-refractivity contribution >= 4 is 28.3 Å². The molecule has 0 spiro atoms. The van der Waals surface area contributed by atoms with Crippen molar-refractivity contribution in [3.8, 4) is 11.3 Å². The molecule has 0 aliphatic heterocycles. The summed E-state index contributed by atoms with van der Waals surface area (Å²) in [5.74, 6) is -0.451. The molecule has 1 aliphatic rings. The van der Waals surface area contributed by atoms with Gasteiger partial charge in [0.25, 0.3) is 0 Å². The van der Waals surface area contributed by atoms with Crippen molar-refractivity contribution in [3.05, 3.63) is 34.7 Å². The summed E-state index contributed by atoms with van der Waals surface area (Å²) in [6.45, 7) is 5.22. The average Bonchev–Trinajstić information content (AvgIpc) is 3.07. The number of hydrogen-bond acceptors (Lipinski definition) is 4. The summed E-state index contributed by atoms with van der Waals surface area (Å²) in [6.07, 6.45) is 4.80. The van der Waals surface area contributed by atoms with E-state index in [0.29, 0.717) is 5.13 Å². The fraction of sp³-hybridized carbons (Fsp3) is 0.450. The molecule has 1 aromatic heterocycles. The molecule has 1 unspecified atom stereocenters. The lowest BCUT2D eigenvalue weighted by atomic mass is 9.90. The number of amides is 2. The predicted molar refractivity (Wildman–Crippen MR) is 105 cm³/mol. The predicted octanol–water partition coefficient (Wildman–Crippen LogP) is 3.79. The molecule has 1 aliphatic carbocycles. The van der Waals surface area contributed by atoms with Gasteiger partial charge >= 0.3 is 0 Å². The minimum absolute atomic E-state index is 0.000946. The van der Waals surface area contributed by atoms with Crippen LogP contribution in [-0.2, 0) is 22.4 Å². The number of rotatable bonds is 5. The van der Waals surface area contributed by atoms with Gasteiger partial charge in [-0.3, -0.25) is 9.59 Å². The molecule has 5 nitrogen and oxygen atoms in total. The van der Waals surface area contributed by atoms with Crippen LogP contribution < -0.4 is 10.6 Å². The number of anilines is 1.